The minimum absolute atomic E-state index is 0.224. The lowest BCUT2D eigenvalue weighted by atomic mass is 10.2. The lowest BCUT2D eigenvalue weighted by molar-refractivity contribution is 0.102. The SMILES string of the molecule is CCCOc1ccccc1NC(=O)c1cc(OC)ccc1Br. The number of methoxy groups -OCH3 is 1. The highest BCUT2D eigenvalue weighted by atomic mass is 79.9. The van der Waals surface area contributed by atoms with Crippen LogP contribution in [0.4, 0.5) is 5.69 Å². The number of ether oxygens (including phenoxy) is 2. The van der Waals surface area contributed by atoms with E-state index in [0.717, 1.165) is 6.42 Å². The predicted octanol–water partition coefficient (Wildman–Crippen LogP) is 4.50. The zero-order valence-electron chi connectivity index (χ0n) is 12.6. The average Bonchev–Trinajstić information content (AvgIpc) is 2.54. The van der Waals surface area contributed by atoms with Gasteiger partial charge in [-0.15, -0.1) is 0 Å². The molecule has 0 atom stereocenters. The molecule has 0 aliphatic carbocycles. The molecule has 1 N–H and O–H groups in total. The Balaban J connectivity index is 2.22. The van der Waals surface area contributed by atoms with E-state index in [4.69, 9.17) is 9.47 Å². The van der Waals surface area contributed by atoms with Gasteiger partial charge in [0, 0.05) is 4.47 Å². The number of benzene rings is 2. The van der Waals surface area contributed by atoms with E-state index < -0.39 is 0 Å². The summed E-state index contributed by atoms with van der Waals surface area (Å²) in [6.45, 7) is 2.64. The number of anilines is 1. The third-order valence-electron chi connectivity index (χ3n) is 3.02. The highest BCUT2D eigenvalue weighted by Gasteiger charge is 2.13. The molecule has 2 aromatic rings. The van der Waals surface area contributed by atoms with Crippen LogP contribution in [0.15, 0.2) is 46.9 Å². The lowest BCUT2D eigenvalue weighted by Gasteiger charge is -2.13. The van der Waals surface area contributed by atoms with Gasteiger partial charge in [0.05, 0.1) is 25.0 Å². The first-order valence-corrected chi connectivity index (χ1v) is 7.81. The van der Waals surface area contributed by atoms with Crippen LogP contribution in [0.3, 0.4) is 0 Å². The van der Waals surface area contributed by atoms with E-state index in [-0.39, 0.29) is 5.91 Å². The van der Waals surface area contributed by atoms with Crippen molar-refractivity contribution in [3.8, 4) is 11.5 Å². The average molecular weight is 364 g/mol. The lowest BCUT2D eigenvalue weighted by Crippen LogP contribution is -2.14. The third-order valence-corrected chi connectivity index (χ3v) is 3.71. The Hall–Kier alpha value is -2.01. The number of rotatable bonds is 6. The van der Waals surface area contributed by atoms with Crippen molar-refractivity contribution in [3.05, 3.63) is 52.5 Å². The molecule has 0 aromatic heterocycles. The number of amides is 1. The highest BCUT2D eigenvalue weighted by molar-refractivity contribution is 9.10. The van der Waals surface area contributed by atoms with E-state index in [1.165, 1.54) is 0 Å². The van der Waals surface area contributed by atoms with Crippen molar-refractivity contribution >= 4 is 27.5 Å². The van der Waals surface area contributed by atoms with Crippen LogP contribution >= 0.6 is 15.9 Å². The second kappa shape index (κ2) is 7.84. The minimum Gasteiger partial charge on any atom is -0.497 e. The maximum absolute atomic E-state index is 12.5. The van der Waals surface area contributed by atoms with Crippen molar-refractivity contribution in [1.82, 2.24) is 0 Å². The molecule has 0 saturated carbocycles. The standard InChI is InChI=1S/C17H18BrNO3/c1-3-10-22-16-7-5-4-6-15(16)19-17(20)13-11-12(21-2)8-9-14(13)18/h4-9,11H,3,10H2,1-2H3,(H,19,20). The summed E-state index contributed by atoms with van der Waals surface area (Å²) in [5.41, 5.74) is 1.15. The minimum atomic E-state index is -0.224. The number of carbonyl (C=O) groups excluding carboxylic acids is 1. The summed E-state index contributed by atoms with van der Waals surface area (Å²) in [5, 5.41) is 2.88. The number of hydrogen-bond donors (Lipinski definition) is 1. The van der Waals surface area contributed by atoms with Gasteiger partial charge in [-0.25, -0.2) is 0 Å². The highest BCUT2D eigenvalue weighted by Crippen LogP contribution is 2.27. The molecule has 0 aliphatic rings. The molecule has 0 aliphatic heterocycles. The largest absolute Gasteiger partial charge is 0.497 e. The maximum atomic E-state index is 12.5. The number of nitrogens with one attached hydrogen (secondary N) is 1. The van der Waals surface area contributed by atoms with E-state index in [9.17, 15) is 4.79 Å². The Morgan fingerprint density at radius 2 is 2.00 bits per heavy atom. The van der Waals surface area contributed by atoms with Crippen LogP contribution in [-0.2, 0) is 0 Å². The Kier molecular flexibility index (Phi) is 5.83. The monoisotopic (exact) mass is 363 g/mol. The quantitative estimate of drug-likeness (QED) is 0.821. The molecular weight excluding hydrogens is 346 g/mol. The van der Waals surface area contributed by atoms with Gasteiger partial charge in [0.2, 0.25) is 0 Å². The first kappa shape index (κ1) is 16.4. The van der Waals surface area contributed by atoms with Gasteiger partial charge in [0.25, 0.3) is 5.91 Å². The number of carbonyl (C=O) groups is 1. The van der Waals surface area contributed by atoms with Crippen LogP contribution in [0.1, 0.15) is 23.7 Å². The summed E-state index contributed by atoms with van der Waals surface area (Å²) < 4.78 is 11.5. The van der Waals surface area contributed by atoms with Gasteiger partial charge in [0.15, 0.2) is 0 Å². The zero-order valence-corrected chi connectivity index (χ0v) is 14.1. The molecule has 0 bridgehead atoms. The first-order chi connectivity index (χ1) is 10.7. The van der Waals surface area contributed by atoms with E-state index in [0.29, 0.717) is 33.8 Å². The molecule has 4 nitrogen and oxygen atoms in total. The molecule has 0 fully saturated rings. The molecule has 5 heteroatoms. The van der Waals surface area contributed by atoms with Crippen molar-refractivity contribution in [2.24, 2.45) is 0 Å². The van der Waals surface area contributed by atoms with Crippen molar-refractivity contribution in [2.45, 2.75) is 13.3 Å². The number of hydrogen-bond acceptors (Lipinski definition) is 3. The summed E-state index contributed by atoms with van der Waals surface area (Å²) in [4.78, 5) is 12.5. The smallest absolute Gasteiger partial charge is 0.257 e. The topological polar surface area (TPSA) is 47.6 Å². The Morgan fingerprint density at radius 1 is 1.23 bits per heavy atom. The fourth-order valence-corrected chi connectivity index (χ4v) is 2.33. The molecule has 2 rings (SSSR count). The molecule has 22 heavy (non-hydrogen) atoms. The van der Waals surface area contributed by atoms with Crippen molar-refractivity contribution in [1.29, 1.82) is 0 Å². The van der Waals surface area contributed by atoms with Gasteiger partial charge < -0.3 is 14.8 Å². The molecule has 0 unspecified atom stereocenters. The first-order valence-electron chi connectivity index (χ1n) is 7.02. The molecule has 2 aromatic carbocycles. The number of para-hydroxylation sites is 2. The van der Waals surface area contributed by atoms with Gasteiger partial charge >= 0.3 is 0 Å². The van der Waals surface area contributed by atoms with Crippen LogP contribution < -0.4 is 14.8 Å². The summed E-state index contributed by atoms with van der Waals surface area (Å²) in [5.74, 6) is 1.07. The third kappa shape index (κ3) is 4.01. The Labute approximate surface area is 138 Å². The molecule has 0 radical (unpaired) electrons. The molecule has 1 amide bonds. The van der Waals surface area contributed by atoms with Crippen LogP contribution in [0.2, 0.25) is 0 Å². The van der Waals surface area contributed by atoms with Gasteiger partial charge in [-0.05, 0) is 52.7 Å². The van der Waals surface area contributed by atoms with Gasteiger partial charge in [-0.1, -0.05) is 19.1 Å². The van der Waals surface area contributed by atoms with E-state index in [1.807, 2.05) is 31.2 Å². The second-order valence-electron chi connectivity index (χ2n) is 4.64. The van der Waals surface area contributed by atoms with Crippen LogP contribution in [0.5, 0.6) is 11.5 Å². The van der Waals surface area contributed by atoms with Gasteiger partial charge in [0.1, 0.15) is 11.5 Å². The number of halogens is 1. The summed E-state index contributed by atoms with van der Waals surface area (Å²) in [6.07, 6.45) is 0.906. The van der Waals surface area contributed by atoms with Crippen molar-refractivity contribution in [3.63, 3.8) is 0 Å². The summed E-state index contributed by atoms with van der Waals surface area (Å²) in [7, 11) is 1.57. The summed E-state index contributed by atoms with van der Waals surface area (Å²) >= 11 is 3.39. The van der Waals surface area contributed by atoms with E-state index in [2.05, 4.69) is 21.2 Å². The predicted molar refractivity (Wildman–Crippen MR) is 90.9 cm³/mol. The van der Waals surface area contributed by atoms with Crippen LogP contribution in [-0.4, -0.2) is 19.6 Å². The maximum Gasteiger partial charge on any atom is 0.257 e. The normalized spacial score (nSPS) is 10.1. The van der Waals surface area contributed by atoms with Gasteiger partial charge in [-0.3, -0.25) is 4.79 Å². The molecular formula is C17H18BrNO3. The summed E-state index contributed by atoms with van der Waals surface area (Å²) in [6, 6.07) is 12.7. The zero-order chi connectivity index (χ0) is 15.9. The Morgan fingerprint density at radius 3 is 2.73 bits per heavy atom. The second-order valence-corrected chi connectivity index (χ2v) is 5.50. The Bertz CT molecular complexity index is 658. The molecule has 116 valence electrons. The molecule has 0 heterocycles. The van der Waals surface area contributed by atoms with E-state index in [1.54, 1.807) is 25.3 Å². The molecule has 0 saturated heterocycles. The van der Waals surface area contributed by atoms with Crippen molar-refractivity contribution in [2.75, 3.05) is 19.0 Å². The van der Waals surface area contributed by atoms with Crippen molar-refractivity contribution < 1.29 is 14.3 Å². The van der Waals surface area contributed by atoms with Crippen LogP contribution in [0, 0.1) is 0 Å². The van der Waals surface area contributed by atoms with E-state index >= 15 is 0 Å². The fourth-order valence-electron chi connectivity index (χ4n) is 1.90. The van der Waals surface area contributed by atoms with Gasteiger partial charge in [-0.2, -0.15) is 0 Å². The fraction of sp³-hybridized carbons (Fsp3) is 0.235. The molecule has 0 spiro atoms. The van der Waals surface area contributed by atoms with Crippen LogP contribution in [0.25, 0.3) is 0 Å².